The molecular weight excluding hydrogens is 263 g/mol. The van der Waals surface area contributed by atoms with Gasteiger partial charge in [0.1, 0.15) is 6.04 Å². The normalized spacial score (nSPS) is 17.2. The zero-order chi connectivity index (χ0) is 15.6. The lowest BCUT2D eigenvalue weighted by molar-refractivity contribution is -0.177. The van der Waals surface area contributed by atoms with Crippen molar-refractivity contribution in [3.8, 4) is 0 Å². The third-order valence-electron chi connectivity index (χ3n) is 3.42. The van der Waals surface area contributed by atoms with Crippen molar-refractivity contribution in [1.29, 1.82) is 0 Å². The minimum Gasteiger partial charge on any atom is -0.480 e. The highest BCUT2D eigenvalue weighted by Gasteiger charge is 2.49. The van der Waals surface area contributed by atoms with Crippen molar-refractivity contribution in [1.82, 2.24) is 5.32 Å². The first kappa shape index (κ1) is 17.5. The highest BCUT2D eigenvalue weighted by atomic mass is 19.4. The number of carboxylic acids is 1. The fourth-order valence-electron chi connectivity index (χ4n) is 1.54. The van der Waals surface area contributed by atoms with Gasteiger partial charge < -0.3 is 10.4 Å². The van der Waals surface area contributed by atoms with Crippen molar-refractivity contribution in [2.24, 2.45) is 10.8 Å². The minimum absolute atomic E-state index is 0.712. The molecule has 0 unspecified atom stereocenters. The quantitative estimate of drug-likeness (QED) is 0.777. The van der Waals surface area contributed by atoms with E-state index in [0.717, 1.165) is 0 Å². The summed E-state index contributed by atoms with van der Waals surface area (Å²) in [4.78, 5) is 22.1. The van der Waals surface area contributed by atoms with E-state index in [-0.39, 0.29) is 0 Å². The number of carbonyl (C=O) groups excluding carboxylic acids is 1. The summed E-state index contributed by atoms with van der Waals surface area (Å²) in [5, 5.41) is 10.6. The molecule has 0 aliphatic rings. The Hall–Kier alpha value is -1.53. The van der Waals surface area contributed by atoms with Crippen LogP contribution in [0.2, 0.25) is 0 Å². The summed E-state index contributed by atoms with van der Waals surface area (Å²) in [5.74, 6) is -3.83. The number of nitrogens with one attached hydrogen (secondary N) is 1. The molecule has 0 spiro atoms. The van der Waals surface area contributed by atoms with E-state index < -0.39 is 34.9 Å². The monoisotopic (exact) mass is 281 g/mol. The molecule has 4 nitrogen and oxygen atoms in total. The number of carbonyl (C=O) groups is 2. The van der Waals surface area contributed by atoms with Crippen LogP contribution in [0.5, 0.6) is 0 Å². The topological polar surface area (TPSA) is 66.4 Å². The van der Waals surface area contributed by atoms with Crippen LogP contribution in [-0.2, 0) is 9.59 Å². The van der Waals surface area contributed by atoms with Gasteiger partial charge in [-0.05, 0) is 5.41 Å². The maximum absolute atomic E-state index is 12.2. The smallest absolute Gasteiger partial charge is 0.471 e. The molecule has 2 atom stereocenters. The summed E-state index contributed by atoms with van der Waals surface area (Å²) in [6.45, 7) is 9.89. The van der Waals surface area contributed by atoms with Gasteiger partial charge in [0.15, 0.2) is 0 Å². The van der Waals surface area contributed by atoms with Gasteiger partial charge in [-0.3, -0.25) is 4.79 Å². The zero-order valence-corrected chi connectivity index (χ0v) is 11.3. The third kappa shape index (κ3) is 3.71. The van der Waals surface area contributed by atoms with Crippen LogP contribution in [0.15, 0.2) is 12.7 Å². The van der Waals surface area contributed by atoms with Gasteiger partial charge in [-0.25, -0.2) is 4.79 Å². The zero-order valence-electron chi connectivity index (χ0n) is 11.3. The fourth-order valence-corrected chi connectivity index (χ4v) is 1.54. The second-order valence-corrected chi connectivity index (χ2v) is 5.48. The lowest BCUT2D eigenvalue weighted by atomic mass is 9.63. The molecule has 110 valence electrons. The van der Waals surface area contributed by atoms with Crippen molar-refractivity contribution in [2.45, 2.75) is 39.9 Å². The van der Waals surface area contributed by atoms with Crippen molar-refractivity contribution in [2.75, 3.05) is 0 Å². The molecule has 7 heteroatoms. The summed E-state index contributed by atoms with van der Waals surface area (Å²) >= 11 is 0. The van der Waals surface area contributed by atoms with Crippen LogP contribution < -0.4 is 5.32 Å². The van der Waals surface area contributed by atoms with Crippen LogP contribution in [-0.4, -0.2) is 29.2 Å². The number of carboxylic acid groups (broad SMARTS) is 1. The average molecular weight is 281 g/mol. The molecule has 2 N–H and O–H groups in total. The molecule has 0 aromatic carbocycles. The lowest BCUT2D eigenvalue weighted by Gasteiger charge is -2.43. The van der Waals surface area contributed by atoms with Crippen LogP contribution in [0, 0.1) is 10.8 Å². The predicted molar refractivity (Wildman–Crippen MR) is 63.4 cm³/mol. The Morgan fingerprint density at radius 2 is 1.63 bits per heavy atom. The molecule has 0 saturated heterocycles. The van der Waals surface area contributed by atoms with Crippen LogP contribution in [0.25, 0.3) is 0 Å². The van der Waals surface area contributed by atoms with Gasteiger partial charge in [0, 0.05) is 5.41 Å². The van der Waals surface area contributed by atoms with E-state index in [2.05, 4.69) is 6.58 Å². The summed E-state index contributed by atoms with van der Waals surface area (Å²) < 4.78 is 36.7. The maximum atomic E-state index is 12.2. The lowest BCUT2D eigenvalue weighted by Crippen LogP contribution is -2.57. The molecule has 0 aliphatic heterocycles. The molecule has 0 rings (SSSR count). The number of alkyl halides is 3. The molecule has 0 bridgehead atoms. The first-order chi connectivity index (χ1) is 8.27. The molecular formula is C12H18F3NO3. The molecule has 0 fully saturated rings. The second-order valence-electron chi connectivity index (χ2n) is 5.48. The predicted octanol–water partition coefficient (Wildman–Crippen LogP) is 2.36. The van der Waals surface area contributed by atoms with Gasteiger partial charge in [0.05, 0.1) is 0 Å². The molecule has 0 aromatic heterocycles. The maximum Gasteiger partial charge on any atom is 0.471 e. The SMILES string of the molecule is C=C[C@](C)([C@H](NC(=O)C(F)(F)F)C(=O)O)C(C)(C)C. The molecule has 0 aliphatic carbocycles. The Morgan fingerprint density at radius 1 is 1.21 bits per heavy atom. The van der Waals surface area contributed by atoms with Gasteiger partial charge in [-0.15, -0.1) is 6.58 Å². The molecule has 0 aromatic rings. The molecule has 0 radical (unpaired) electrons. The van der Waals surface area contributed by atoms with Crippen LogP contribution in [0.4, 0.5) is 13.2 Å². The van der Waals surface area contributed by atoms with E-state index in [1.807, 2.05) is 0 Å². The number of rotatable bonds is 4. The first-order valence-electron chi connectivity index (χ1n) is 5.51. The van der Waals surface area contributed by atoms with Crippen molar-refractivity contribution in [3.63, 3.8) is 0 Å². The van der Waals surface area contributed by atoms with Crippen LogP contribution in [0.3, 0.4) is 0 Å². The second kappa shape index (κ2) is 5.22. The highest BCUT2D eigenvalue weighted by Crippen LogP contribution is 2.42. The molecule has 19 heavy (non-hydrogen) atoms. The van der Waals surface area contributed by atoms with E-state index in [1.165, 1.54) is 18.3 Å². The Morgan fingerprint density at radius 3 is 1.84 bits per heavy atom. The largest absolute Gasteiger partial charge is 0.480 e. The van der Waals surface area contributed by atoms with E-state index in [1.54, 1.807) is 20.8 Å². The van der Waals surface area contributed by atoms with E-state index >= 15 is 0 Å². The fraction of sp³-hybridized carbons (Fsp3) is 0.667. The summed E-state index contributed by atoms with van der Waals surface area (Å²) in [6, 6.07) is -1.72. The summed E-state index contributed by atoms with van der Waals surface area (Å²) in [7, 11) is 0. The van der Waals surface area contributed by atoms with E-state index in [0.29, 0.717) is 0 Å². The van der Waals surface area contributed by atoms with Gasteiger partial charge in [0.25, 0.3) is 0 Å². The van der Waals surface area contributed by atoms with Crippen molar-refractivity contribution in [3.05, 3.63) is 12.7 Å². The summed E-state index contributed by atoms with van der Waals surface area (Å²) in [5.41, 5.74) is -1.96. The van der Waals surface area contributed by atoms with Gasteiger partial charge in [-0.1, -0.05) is 33.8 Å². The Labute approximate surface area is 109 Å². The Kier molecular flexibility index (Phi) is 4.80. The standard InChI is InChI=1S/C12H18F3NO3/c1-6-11(5,10(2,3)4)7(8(17)18)16-9(19)12(13,14)15/h6-7H,1H2,2-5H3,(H,16,19)(H,17,18)/t7-,11-/m1/s1. The van der Waals surface area contributed by atoms with E-state index in [9.17, 15) is 22.8 Å². The number of hydrogen-bond donors (Lipinski definition) is 2. The number of amides is 1. The Balaban J connectivity index is 5.52. The number of aliphatic carboxylic acids is 1. The van der Waals surface area contributed by atoms with E-state index in [4.69, 9.17) is 5.11 Å². The third-order valence-corrected chi connectivity index (χ3v) is 3.42. The molecule has 0 saturated carbocycles. The van der Waals surface area contributed by atoms with Gasteiger partial charge in [-0.2, -0.15) is 13.2 Å². The molecule has 0 heterocycles. The number of hydrogen-bond acceptors (Lipinski definition) is 2. The highest BCUT2D eigenvalue weighted by molar-refractivity contribution is 5.87. The Bertz CT molecular complexity index is 385. The van der Waals surface area contributed by atoms with Gasteiger partial charge >= 0.3 is 18.1 Å². The van der Waals surface area contributed by atoms with Crippen LogP contribution in [0.1, 0.15) is 27.7 Å². The number of halogens is 3. The van der Waals surface area contributed by atoms with Crippen molar-refractivity contribution >= 4 is 11.9 Å². The summed E-state index contributed by atoms with van der Waals surface area (Å²) in [6.07, 6.45) is -3.88. The van der Waals surface area contributed by atoms with Crippen molar-refractivity contribution < 1.29 is 27.9 Å². The molecule has 1 amide bonds. The minimum atomic E-state index is -5.13. The van der Waals surface area contributed by atoms with Crippen LogP contribution >= 0.6 is 0 Å². The average Bonchev–Trinajstić information content (AvgIpc) is 2.20. The van der Waals surface area contributed by atoms with Gasteiger partial charge in [0.2, 0.25) is 0 Å². The first-order valence-corrected chi connectivity index (χ1v) is 5.51.